The zero-order chi connectivity index (χ0) is 29.9. The minimum absolute atomic E-state index is 0.172. The fourth-order valence-corrected chi connectivity index (χ4v) is 6.26. The molecule has 5 N–H and O–H groups in total. The van der Waals surface area contributed by atoms with Gasteiger partial charge in [-0.15, -0.1) is 0 Å². The van der Waals surface area contributed by atoms with Crippen molar-refractivity contribution in [2.45, 2.75) is 38.1 Å². The summed E-state index contributed by atoms with van der Waals surface area (Å²) in [6.07, 6.45) is 4.39. The van der Waals surface area contributed by atoms with Gasteiger partial charge in [-0.25, -0.2) is 8.42 Å². The number of fused-ring (bicyclic) bond motifs is 1. The van der Waals surface area contributed by atoms with Crippen molar-refractivity contribution in [1.29, 1.82) is 0 Å². The Labute approximate surface area is 237 Å². The van der Waals surface area contributed by atoms with Crippen LogP contribution in [-0.2, 0) is 19.6 Å². The number of hydrogen-bond acceptors (Lipinski definition) is 7. The largest absolute Gasteiger partial charge is 0.483 e. The highest BCUT2D eigenvalue weighted by molar-refractivity contribution is 7.91. The summed E-state index contributed by atoms with van der Waals surface area (Å²) in [6, 6.07) is 12.6. The van der Waals surface area contributed by atoms with E-state index in [0.29, 0.717) is 10.9 Å². The van der Waals surface area contributed by atoms with E-state index >= 15 is 0 Å². The van der Waals surface area contributed by atoms with Gasteiger partial charge in [0.1, 0.15) is 17.4 Å². The summed E-state index contributed by atoms with van der Waals surface area (Å²) >= 11 is 0. The van der Waals surface area contributed by atoms with Gasteiger partial charge in [-0.1, -0.05) is 62.4 Å². The summed E-state index contributed by atoms with van der Waals surface area (Å²) < 4.78 is 41.2. The van der Waals surface area contributed by atoms with E-state index in [4.69, 9.17) is 14.9 Å². The normalized spacial score (nSPS) is 17.7. The maximum atomic E-state index is 13.8. The molecular formula is C29H31N3O8S. The average Bonchev–Trinajstić information content (AvgIpc) is 3.28. The monoisotopic (exact) mass is 581 g/mol. The molecule has 2 amide bonds. The average molecular weight is 582 g/mol. The number of ether oxygens (including phenoxy) is 1. The lowest BCUT2D eigenvalue weighted by Crippen LogP contribution is -2.60. The third-order valence-electron chi connectivity index (χ3n) is 6.78. The first-order chi connectivity index (χ1) is 19.3. The Bertz CT molecular complexity index is 1660. The highest BCUT2D eigenvalue weighted by Gasteiger charge is 2.46. The molecule has 0 fully saturated rings. The van der Waals surface area contributed by atoms with Gasteiger partial charge >= 0.3 is 5.97 Å². The van der Waals surface area contributed by atoms with Crippen LogP contribution in [0.5, 0.6) is 5.75 Å². The molecule has 11 nitrogen and oxygen atoms in total. The predicted molar refractivity (Wildman–Crippen MR) is 152 cm³/mol. The number of nitrogens with two attached hydrogens (primary N) is 1. The molecule has 0 bridgehead atoms. The highest BCUT2D eigenvalue weighted by Crippen LogP contribution is 2.35. The molecule has 4 rings (SSSR count). The third kappa shape index (κ3) is 6.03. The maximum absolute atomic E-state index is 13.8. The summed E-state index contributed by atoms with van der Waals surface area (Å²) in [6.45, 7) is 4.36. The zero-order valence-corrected chi connectivity index (χ0v) is 23.5. The summed E-state index contributed by atoms with van der Waals surface area (Å²) in [5.74, 6) is -3.36. The number of benzene rings is 2. The van der Waals surface area contributed by atoms with Crippen molar-refractivity contribution in [3.8, 4) is 5.75 Å². The Kier molecular flexibility index (Phi) is 8.36. The molecule has 0 radical (unpaired) electrons. The van der Waals surface area contributed by atoms with Crippen LogP contribution in [0, 0.1) is 12.8 Å². The van der Waals surface area contributed by atoms with Gasteiger partial charge in [-0.2, -0.15) is 4.72 Å². The molecule has 12 heteroatoms. The Morgan fingerprint density at radius 3 is 2.41 bits per heavy atom. The number of primary amides is 1. The van der Waals surface area contributed by atoms with Gasteiger partial charge in [0.2, 0.25) is 10.0 Å². The number of nitrogens with one attached hydrogen (secondary N) is 2. The van der Waals surface area contributed by atoms with Gasteiger partial charge < -0.3 is 25.3 Å². The summed E-state index contributed by atoms with van der Waals surface area (Å²) in [7, 11) is -4.52. The molecule has 0 saturated heterocycles. The van der Waals surface area contributed by atoms with Crippen molar-refractivity contribution in [3.05, 3.63) is 83.6 Å². The zero-order valence-electron chi connectivity index (χ0n) is 22.7. The first-order valence-corrected chi connectivity index (χ1v) is 14.3. The van der Waals surface area contributed by atoms with Crippen LogP contribution in [0.1, 0.15) is 41.9 Å². The first-order valence-electron chi connectivity index (χ1n) is 12.8. The molecular weight excluding hydrogens is 550 g/mol. The molecule has 41 heavy (non-hydrogen) atoms. The van der Waals surface area contributed by atoms with Gasteiger partial charge in [0.15, 0.2) is 17.2 Å². The maximum Gasteiger partial charge on any atom is 0.321 e. The first kappa shape index (κ1) is 29.6. The van der Waals surface area contributed by atoms with Crippen LogP contribution in [0.25, 0.3) is 16.5 Å². The number of hydrogen-bond donors (Lipinski definition) is 4. The van der Waals surface area contributed by atoms with Crippen LogP contribution < -0.4 is 20.5 Å². The molecule has 0 aliphatic heterocycles. The fraction of sp³-hybridized carbons (Fsp3) is 0.276. The van der Waals surface area contributed by atoms with Crippen molar-refractivity contribution in [3.63, 3.8) is 0 Å². The third-order valence-corrected chi connectivity index (χ3v) is 8.70. The molecule has 0 spiro atoms. The van der Waals surface area contributed by atoms with Gasteiger partial charge in [0, 0.05) is 12.0 Å². The van der Waals surface area contributed by atoms with E-state index in [0.717, 1.165) is 11.1 Å². The summed E-state index contributed by atoms with van der Waals surface area (Å²) in [4.78, 5) is 34.7. The van der Waals surface area contributed by atoms with Crippen LogP contribution in [0.15, 0.2) is 71.2 Å². The number of carboxylic acid groups (broad SMARTS) is 1. The second kappa shape index (κ2) is 11.6. The molecule has 1 unspecified atom stereocenters. The number of carbonyl (C=O) groups is 3. The van der Waals surface area contributed by atoms with Crippen molar-refractivity contribution in [2.24, 2.45) is 11.7 Å². The van der Waals surface area contributed by atoms with Crippen molar-refractivity contribution in [2.75, 3.05) is 6.61 Å². The van der Waals surface area contributed by atoms with E-state index in [9.17, 15) is 27.9 Å². The van der Waals surface area contributed by atoms with Crippen molar-refractivity contribution >= 4 is 44.3 Å². The van der Waals surface area contributed by atoms with E-state index in [-0.39, 0.29) is 30.1 Å². The lowest BCUT2D eigenvalue weighted by atomic mass is 9.96. The number of allylic oxidation sites excluding steroid dienone is 2. The molecule has 1 aliphatic carbocycles. The minimum Gasteiger partial charge on any atom is -0.483 e. The Hall–Kier alpha value is -4.42. The molecule has 216 valence electrons. The molecule has 1 heterocycles. The second-order valence-corrected chi connectivity index (χ2v) is 12.0. The molecule has 0 saturated carbocycles. The minimum atomic E-state index is -4.52. The van der Waals surface area contributed by atoms with Crippen LogP contribution >= 0.6 is 0 Å². The Morgan fingerprint density at radius 2 is 1.83 bits per heavy atom. The number of sulfonamides is 1. The topological polar surface area (TPSA) is 178 Å². The Balaban J connectivity index is 1.74. The van der Waals surface area contributed by atoms with Gasteiger partial charge in [0.05, 0.1) is 5.39 Å². The molecule has 1 aromatic heterocycles. The number of carboxylic acids is 1. The highest BCUT2D eigenvalue weighted by atomic mass is 32.2. The standard InChI is InChI=1S/C29H31N3O8S/c1-17(2)25(28(35)36)32-41(37,38)29(14-12-20(13-15-29)19-8-5-4-6-9-19)31-27(34)26-18(3)24-21(39-16-23(30)33)10-7-11-22(24)40-26/h4-14,17,25,32H,15-16H2,1-3H3,(H2,30,33)(H,31,34)(H,35,36)/t25-,29?/m0/s1. The van der Waals surface area contributed by atoms with E-state index in [1.807, 2.05) is 30.3 Å². The lowest BCUT2D eigenvalue weighted by molar-refractivity contribution is -0.140. The van der Waals surface area contributed by atoms with Crippen LogP contribution in [0.3, 0.4) is 0 Å². The number of aliphatic carboxylic acids is 1. The van der Waals surface area contributed by atoms with E-state index in [1.54, 1.807) is 51.1 Å². The van der Waals surface area contributed by atoms with Crippen molar-refractivity contribution in [1.82, 2.24) is 10.0 Å². The second-order valence-electron chi connectivity index (χ2n) is 10.0. The van der Waals surface area contributed by atoms with Crippen LogP contribution in [0.2, 0.25) is 0 Å². The van der Waals surface area contributed by atoms with Crippen LogP contribution in [0.4, 0.5) is 0 Å². The number of aryl methyl sites for hydroxylation is 1. The number of furan rings is 1. The quantitative estimate of drug-likeness (QED) is 0.267. The summed E-state index contributed by atoms with van der Waals surface area (Å²) in [5.41, 5.74) is 7.40. The SMILES string of the molecule is Cc1c(C(=O)NC2(S(=O)(=O)N[C@H](C(=O)O)C(C)C)C=CC(c3ccccc3)=CC2)oc2cccc(OCC(N)=O)c12. The summed E-state index contributed by atoms with van der Waals surface area (Å²) in [5, 5.41) is 12.7. The molecule has 1 aliphatic rings. The van der Waals surface area contributed by atoms with E-state index in [1.165, 1.54) is 6.08 Å². The molecule has 3 aromatic rings. The molecule has 2 aromatic carbocycles. The number of amides is 2. The number of rotatable bonds is 11. The van der Waals surface area contributed by atoms with Crippen molar-refractivity contribution < 1.29 is 37.1 Å². The molecule has 2 atom stereocenters. The van der Waals surface area contributed by atoms with Gasteiger partial charge in [-0.05, 0) is 42.2 Å². The van der Waals surface area contributed by atoms with Gasteiger partial charge in [0.25, 0.3) is 11.8 Å². The smallest absolute Gasteiger partial charge is 0.321 e. The van der Waals surface area contributed by atoms with E-state index in [2.05, 4.69) is 10.0 Å². The Morgan fingerprint density at radius 1 is 1.12 bits per heavy atom. The number of carbonyl (C=O) groups excluding carboxylic acids is 2. The van der Waals surface area contributed by atoms with E-state index < -0.39 is 44.6 Å². The fourth-order valence-electron chi connectivity index (χ4n) is 4.57. The predicted octanol–water partition coefficient (Wildman–Crippen LogP) is 3.10. The lowest BCUT2D eigenvalue weighted by Gasteiger charge is -2.34. The van der Waals surface area contributed by atoms with Crippen LogP contribution in [-0.4, -0.2) is 48.8 Å². The van der Waals surface area contributed by atoms with Gasteiger partial charge in [-0.3, -0.25) is 14.4 Å².